The number of nitrogens with zero attached hydrogens (tertiary/aromatic N) is 2. The van der Waals surface area contributed by atoms with Crippen LogP contribution in [0.15, 0.2) is 24.3 Å². The molecule has 1 atom stereocenters. The molecule has 1 N–H and O–H groups in total. The average Bonchev–Trinajstić information content (AvgIpc) is 2.33. The number of carbonyl (C=O) groups is 1. The maximum absolute atomic E-state index is 11.2. The number of likely N-dealkylation sites (N-methyl/N-ethyl adjacent to an activating group) is 1. The Balaban J connectivity index is 2.12. The van der Waals surface area contributed by atoms with E-state index >= 15 is 0 Å². The number of hydrogen-bond donors (Lipinski definition) is 1. The Kier molecular flexibility index (Phi) is 3.99. The molecule has 0 bridgehead atoms. The Hall–Kier alpha value is -1.39. The number of rotatable bonds is 3. The summed E-state index contributed by atoms with van der Waals surface area (Å²) in [5.74, 6) is -0.840. The van der Waals surface area contributed by atoms with Crippen molar-refractivity contribution in [3.63, 3.8) is 0 Å². The molecule has 1 fully saturated rings. The average molecular weight is 248 g/mol. The van der Waals surface area contributed by atoms with E-state index in [9.17, 15) is 9.90 Å². The maximum atomic E-state index is 11.2. The minimum atomic E-state index is -0.840. The van der Waals surface area contributed by atoms with Gasteiger partial charge in [-0.2, -0.15) is 0 Å². The standard InChI is InChI=1S/C14H20N2O2/c1-11-9-15(2)7-8-16(11)10-12-5-3-4-6-13(12)14(17)18/h3-6,11H,7-10H2,1-2H3,(H,17,18). The van der Waals surface area contributed by atoms with Crippen molar-refractivity contribution in [3.05, 3.63) is 35.4 Å². The molecule has 1 unspecified atom stereocenters. The summed E-state index contributed by atoms with van der Waals surface area (Å²) >= 11 is 0. The fourth-order valence-corrected chi connectivity index (χ4v) is 2.50. The first-order valence-corrected chi connectivity index (χ1v) is 6.31. The second-order valence-electron chi connectivity index (χ2n) is 5.04. The molecule has 0 aliphatic carbocycles. The number of hydrogen-bond acceptors (Lipinski definition) is 3. The zero-order chi connectivity index (χ0) is 13.1. The van der Waals surface area contributed by atoms with Gasteiger partial charge in [-0.25, -0.2) is 4.79 Å². The highest BCUT2D eigenvalue weighted by Gasteiger charge is 2.22. The van der Waals surface area contributed by atoms with Gasteiger partial charge in [-0.05, 0) is 25.6 Å². The summed E-state index contributed by atoms with van der Waals surface area (Å²) in [7, 11) is 2.12. The lowest BCUT2D eigenvalue weighted by Crippen LogP contribution is -2.49. The quantitative estimate of drug-likeness (QED) is 0.881. The Morgan fingerprint density at radius 2 is 2.11 bits per heavy atom. The van der Waals surface area contributed by atoms with Crippen LogP contribution in [0.25, 0.3) is 0 Å². The Morgan fingerprint density at radius 3 is 2.78 bits per heavy atom. The molecule has 98 valence electrons. The third-order valence-electron chi connectivity index (χ3n) is 3.59. The summed E-state index contributed by atoms with van der Waals surface area (Å²) in [4.78, 5) is 15.8. The number of carboxylic acids is 1. The van der Waals surface area contributed by atoms with Crippen molar-refractivity contribution in [1.29, 1.82) is 0 Å². The van der Waals surface area contributed by atoms with E-state index in [1.165, 1.54) is 0 Å². The highest BCUT2D eigenvalue weighted by Crippen LogP contribution is 2.16. The molecule has 18 heavy (non-hydrogen) atoms. The van der Waals surface area contributed by atoms with Gasteiger partial charge in [-0.1, -0.05) is 18.2 Å². The van der Waals surface area contributed by atoms with Crippen LogP contribution in [0.5, 0.6) is 0 Å². The summed E-state index contributed by atoms with van der Waals surface area (Å²) in [5.41, 5.74) is 1.32. The molecule has 4 nitrogen and oxygen atoms in total. The monoisotopic (exact) mass is 248 g/mol. The topological polar surface area (TPSA) is 43.8 Å². The van der Waals surface area contributed by atoms with E-state index in [1.807, 2.05) is 12.1 Å². The van der Waals surface area contributed by atoms with Gasteiger partial charge in [0.05, 0.1) is 5.56 Å². The molecule has 0 amide bonds. The van der Waals surface area contributed by atoms with E-state index in [2.05, 4.69) is 23.8 Å². The number of piperazine rings is 1. The molecular weight excluding hydrogens is 228 g/mol. The summed E-state index contributed by atoms with van der Waals surface area (Å²) in [6, 6.07) is 7.74. The fraction of sp³-hybridized carbons (Fsp3) is 0.500. The largest absolute Gasteiger partial charge is 0.478 e. The lowest BCUT2D eigenvalue weighted by molar-refractivity contribution is 0.0687. The highest BCUT2D eigenvalue weighted by atomic mass is 16.4. The van der Waals surface area contributed by atoms with Gasteiger partial charge in [0, 0.05) is 32.2 Å². The third-order valence-corrected chi connectivity index (χ3v) is 3.59. The van der Waals surface area contributed by atoms with Gasteiger partial charge in [0.1, 0.15) is 0 Å². The van der Waals surface area contributed by atoms with Crippen molar-refractivity contribution < 1.29 is 9.90 Å². The van der Waals surface area contributed by atoms with Gasteiger partial charge in [0.2, 0.25) is 0 Å². The molecule has 1 heterocycles. The Labute approximate surface area is 108 Å². The van der Waals surface area contributed by atoms with E-state index < -0.39 is 5.97 Å². The van der Waals surface area contributed by atoms with Gasteiger partial charge < -0.3 is 10.0 Å². The second-order valence-corrected chi connectivity index (χ2v) is 5.04. The molecule has 0 radical (unpaired) electrons. The Morgan fingerprint density at radius 1 is 1.39 bits per heavy atom. The van der Waals surface area contributed by atoms with Crippen LogP contribution < -0.4 is 0 Å². The first-order chi connectivity index (χ1) is 8.58. The molecule has 1 aromatic rings. The van der Waals surface area contributed by atoms with Crippen molar-refractivity contribution in [3.8, 4) is 0 Å². The molecular formula is C14H20N2O2. The van der Waals surface area contributed by atoms with Crippen molar-refractivity contribution in [1.82, 2.24) is 9.80 Å². The van der Waals surface area contributed by atoms with Crippen LogP contribution in [0.2, 0.25) is 0 Å². The van der Waals surface area contributed by atoms with Crippen molar-refractivity contribution in [2.75, 3.05) is 26.7 Å². The van der Waals surface area contributed by atoms with E-state index in [1.54, 1.807) is 12.1 Å². The predicted octanol–water partition coefficient (Wildman–Crippen LogP) is 1.52. The van der Waals surface area contributed by atoms with Crippen LogP contribution in [0.4, 0.5) is 0 Å². The normalized spacial score (nSPS) is 22.0. The van der Waals surface area contributed by atoms with Crippen LogP contribution in [0.3, 0.4) is 0 Å². The van der Waals surface area contributed by atoms with E-state index in [0.717, 1.165) is 31.7 Å². The van der Waals surface area contributed by atoms with Crippen LogP contribution >= 0.6 is 0 Å². The van der Waals surface area contributed by atoms with Crippen LogP contribution in [-0.4, -0.2) is 53.6 Å². The number of benzene rings is 1. The summed E-state index contributed by atoms with van der Waals surface area (Å²) in [5, 5.41) is 9.18. The molecule has 4 heteroatoms. The molecule has 1 saturated heterocycles. The minimum Gasteiger partial charge on any atom is -0.478 e. The zero-order valence-corrected chi connectivity index (χ0v) is 11.0. The van der Waals surface area contributed by atoms with E-state index in [4.69, 9.17) is 0 Å². The first-order valence-electron chi connectivity index (χ1n) is 6.31. The fourth-order valence-electron chi connectivity index (χ4n) is 2.50. The van der Waals surface area contributed by atoms with Gasteiger partial charge in [0.15, 0.2) is 0 Å². The van der Waals surface area contributed by atoms with Crippen LogP contribution in [0.1, 0.15) is 22.8 Å². The van der Waals surface area contributed by atoms with Gasteiger partial charge in [-0.3, -0.25) is 4.90 Å². The van der Waals surface area contributed by atoms with E-state index in [-0.39, 0.29) is 0 Å². The molecule has 2 rings (SSSR count). The number of carboxylic acid groups (broad SMARTS) is 1. The third kappa shape index (κ3) is 2.89. The zero-order valence-electron chi connectivity index (χ0n) is 11.0. The maximum Gasteiger partial charge on any atom is 0.336 e. The van der Waals surface area contributed by atoms with E-state index in [0.29, 0.717) is 11.6 Å². The van der Waals surface area contributed by atoms with Gasteiger partial charge in [-0.15, -0.1) is 0 Å². The van der Waals surface area contributed by atoms with Crippen LogP contribution in [-0.2, 0) is 6.54 Å². The highest BCUT2D eigenvalue weighted by molar-refractivity contribution is 5.89. The predicted molar refractivity (Wildman–Crippen MR) is 70.8 cm³/mol. The summed E-state index contributed by atoms with van der Waals surface area (Å²) in [6.45, 7) is 5.98. The molecule has 0 aromatic heterocycles. The molecule has 1 aliphatic rings. The summed E-state index contributed by atoms with van der Waals surface area (Å²) < 4.78 is 0. The first kappa shape index (κ1) is 13.1. The van der Waals surface area contributed by atoms with Gasteiger partial charge in [0.25, 0.3) is 0 Å². The molecule has 1 aromatic carbocycles. The van der Waals surface area contributed by atoms with Crippen molar-refractivity contribution >= 4 is 5.97 Å². The van der Waals surface area contributed by atoms with Gasteiger partial charge >= 0.3 is 5.97 Å². The molecule has 0 saturated carbocycles. The second kappa shape index (κ2) is 5.50. The summed E-state index contributed by atoms with van der Waals surface area (Å²) in [6.07, 6.45) is 0. The van der Waals surface area contributed by atoms with Crippen molar-refractivity contribution in [2.24, 2.45) is 0 Å². The Bertz CT molecular complexity index is 434. The number of aromatic carboxylic acids is 1. The van der Waals surface area contributed by atoms with Crippen LogP contribution in [0, 0.1) is 0 Å². The van der Waals surface area contributed by atoms with Crippen molar-refractivity contribution in [2.45, 2.75) is 19.5 Å². The molecule has 0 spiro atoms. The lowest BCUT2D eigenvalue weighted by Gasteiger charge is -2.38. The molecule has 1 aliphatic heterocycles. The lowest BCUT2D eigenvalue weighted by atomic mass is 10.1. The smallest absolute Gasteiger partial charge is 0.336 e. The SMILES string of the molecule is CC1CN(C)CCN1Cc1ccccc1C(=O)O. The minimum absolute atomic E-state index is 0.420.